The lowest BCUT2D eigenvalue weighted by Crippen LogP contribution is -2.08. The number of hydrogen-bond donors (Lipinski definition) is 2. The second-order valence-electron chi connectivity index (χ2n) is 2.49. The summed E-state index contributed by atoms with van der Waals surface area (Å²) in [5.74, 6) is 5.25. The van der Waals surface area contributed by atoms with E-state index in [4.69, 9.17) is 11.1 Å². The number of rotatable bonds is 2. The molecule has 0 saturated carbocycles. The number of nitrogens with zero attached hydrogens (tertiary/aromatic N) is 1. The largest absolute Gasteiger partial charge is 0.323 e. The summed E-state index contributed by atoms with van der Waals surface area (Å²) in [5, 5.41) is 8.67. The molecule has 0 unspecified atom stereocenters. The van der Waals surface area contributed by atoms with Crippen molar-refractivity contribution in [3.05, 3.63) is 29.3 Å². The number of hydrazine groups is 1. The van der Waals surface area contributed by atoms with E-state index in [1.807, 2.05) is 12.1 Å². The topological polar surface area (TPSA) is 61.8 Å². The Labute approximate surface area is 71.8 Å². The number of hydrogen-bond acceptors (Lipinski definition) is 3. The van der Waals surface area contributed by atoms with Crippen LogP contribution in [0.15, 0.2) is 18.2 Å². The first-order valence-electron chi connectivity index (χ1n) is 3.81. The van der Waals surface area contributed by atoms with Gasteiger partial charge in [-0.25, -0.2) is 0 Å². The zero-order valence-corrected chi connectivity index (χ0v) is 6.96. The van der Waals surface area contributed by atoms with Gasteiger partial charge in [-0.05, 0) is 24.1 Å². The summed E-state index contributed by atoms with van der Waals surface area (Å²) < 4.78 is 0. The fourth-order valence-corrected chi connectivity index (χ4v) is 1.03. The minimum atomic E-state index is 0.578. The number of benzene rings is 1. The molecule has 1 aromatic carbocycles. The molecule has 0 aliphatic carbocycles. The van der Waals surface area contributed by atoms with Gasteiger partial charge in [-0.15, -0.1) is 0 Å². The standard InChI is InChI=1S/C9H11N3/c1-2-7-3-4-8(6-10)9(5-7)12-11/h3-5,12H,2,11H2,1H3. The SMILES string of the molecule is CCc1ccc(C#N)c(NN)c1. The molecule has 0 heterocycles. The fraction of sp³-hybridized carbons (Fsp3) is 0.222. The summed E-state index contributed by atoms with van der Waals surface area (Å²) in [6.45, 7) is 2.06. The number of aryl methyl sites for hydroxylation is 1. The van der Waals surface area contributed by atoms with Gasteiger partial charge in [0.15, 0.2) is 0 Å². The van der Waals surface area contributed by atoms with E-state index in [9.17, 15) is 0 Å². The lowest BCUT2D eigenvalue weighted by Gasteiger charge is -2.04. The number of nitrogen functional groups attached to an aromatic ring is 1. The van der Waals surface area contributed by atoms with Crippen molar-refractivity contribution >= 4 is 5.69 Å². The van der Waals surface area contributed by atoms with E-state index >= 15 is 0 Å². The molecular formula is C9H11N3. The highest BCUT2D eigenvalue weighted by Crippen LogP contribution is 2.15. The van der Waals surface area contributed by atoms with Crippen LogP contribution in [0.1, 0.15) is 18.1 Å². The first-order valence-corrected chi connectivity index (χ1v) is 3.81. The molecular weight excluding hydrogens is 150 g/mol. The van der Waals surface area contributed by atoms with Crippen molar-refractivity contribution in [1.29, 1.82) is 5.26 Å². The molecule has 12 heavy (non-hydrogen) atoms. The van der Waals surface area contributed by atoms with Crippen LogP contribution in [0.25, 0.3) is 0 Å². The Kier molecular flexibility index (Phi) is 2.67. The van der Waals surface area contributed by atoms with Crippen LogP contribution in [0.4, 0.5) is 5.69 Å². The molecule has 0 amide bonds. The quantitative estimate of drug-likeness (QED) is 0.509. The molecule has 62 valence electrons. The zero-order chi connectivity index (χ0) is 8.97. The minimum absolute atomic E-state index is 0.578. The molecule has 0 bridgehead atoms. The zero-order valence-electron chi connectivity index (χ0n) is 6.96. The Hall–Kier alpha value is -1.53. The monoisotopic (exact) mass is 161 g/mol. The van der Waals surface area contributed by atoms with Gasteiger partial charge in [-0.1, -0.05) is 13.0 Å². The maximum Gasteiger partial charge on any atom is 0.101 e. The second kappa shape index (κ2) is 3.74. The van der Waals surface area contributed by atoms with Gasteiger partial charge < -0.3 is 5.43 Å². The van der Waals surface area contributed by atoms with Gasteiger partial charge in [0, 0.05) is 0 Å². The number of nitriles is 1. The van der Waals surface area contributed by atoms with Crippen molar-refractivity contribution < 1.29 is 0 Å². The van der Waals surface area contributed by atoms with E-state index in [1.165, 1.54) is 5.56 Å². The second-order valence-corrected chi connectivity index (χ2v) is 2.49. The van der Waals surface area contributed by atoms with E-state index in [1.54, 1.807) is 6.07 Å². The van der Waals surface area contributed by atoms with Gasteiger partial charge in [0.25, 0.3) is 0 Å². The molecule has 1 aromatic rings. The number of nitrogens with one attached hydrogen (secondary N) is 1. The lowest BCUT2D eigenvalue weighted by atomic mass is 10.1. The van der Waals surface area contributed by atoms with Crippen molar-refractivity contribution in [2.45, 2.75) is 13.3 Å². The summed E-state index contributed by atoms with van der Waals surface area (Å²) in [6, 6.07) is 7.64. The first kappa shape index (κ1) is 8.57. The number of anilines is 1. The van der Waals surface area contributed by atoms with Crippen LogP contribution in [0.3, 0.4) is 0 Å². The molecule has 3 nitrogen and oxygen atoms in total. The van der Waals surface area contributed by atoms with Crippen LogP contribution in [-0.4, -0.2) is 0 Å². The van der Waals surface area contributed by atoms with Crippen molar-refractivity contribution in [3.8, 4) is 6.07 Å². The highest BCUT2D eigenvalue weighted by atomic mass is 15.2. The van der Waals surface area contributed by atoms with Gasteiger partial charge in [0.1, 0.15) is 6.07 Å². The summed E-state index contributed by atoms with van der Waals surface area (Å²) in [6.07, 6.45) is 0.945. The van der Waals surface area contributed by atoms with Crippen molar-refractivity contribution in [3.63, 3.8) is 0 Å². The van der Waals surface area contributed by atoms with Crippen LogP contribution in [-0.2, 0) is 6.42 Å². The van der Waals surface area contributed by atoms with Crippen LogP contribution in [0, 0.1) is 11.3 Å². The fourth-order valence-electron chi connectivity index (χ4n) is 1.03. The van der Waals surface area contributed by atoms with E-state index < -0.39 is 0 Å². The van der Waals surface area contributed by atoms with E-state index in [0.29, 0.717) is 11.3 Å². The Balaban J connectivity index is 3.13. The average molecular weight is 161 g/mol. The van der Waals surface area contributed by atoms with Crippen LogP contribution < -0.4 is 11.3 Å². The third-order valence-electron chi connectivity index (χ3n) is 1.77. The summed E-state index contributed by atoms with van der Waals surface area (Å²) >= 11 is 0. The predicted molar refractivity (Wildman–Crippen MR) is 48.3 cm³/mol. The Bertz CT molecular complexity index is 312. The third-order valence-corrected chi connectivity index (χ3v) is 1.77. The summed E-state index contributed by atoms with van der Waals surface area (Å²) in [7, 11) is 0. The normalized spacial score (nSPS) is 9.08. The Morgan fingerprint density at radius 1 is 1.58 bits per heavy atom. The van der Waals surface area contributed by atoms with Gasteiger partial charge in [0.05, 0.1) is 11.3 Å². The van der Waals surface area contributed by atoms with E-state index in [-0.39, 0.29) is 0 Å². The van der Waals surface area contributed by atoms with Gasteiger partial charge in [-0.3, -0.25) is 5.84 Å². The van der Waals surface area contributed by atoms with Crippen LogP contribution >= 0.6 is 0 Å². The summed E-state index contributed by atoms with van der Waals surface area (Å²) in [5.41, 5.74) is 4.94. The minimum Gasteiger partial charge on any atom is -0.323 e. The Morgan fingerprint density at radius 3 is 2.83 bits per heavy atom. The first-order chi connectivity index (χ1) is 5.81. The van der Waals surface area contributed by atoms with Gasteiger partial charge >= 0.3 is 0 Å². The lowest BCUT2D eigenvalue weighted by molar-refractivity contribution is 1.13. The molecule has 0 aliphatic rings. The van der Waals surface area contributed by atoms with E-state index in [2.05, 4.69) is 18.4 Å². The maximum atomic E-state index is 8.67. The molecule has 0 fully saturated rings. The van der Waals surface area contributed by atoms with Crippen molar-refractivity contribution in [2.24, 2.45) is 5.84 Å². The molecule has 0 spiro atoms. The van der Waals surface area contributed by atoms with Gasteiger partial charge in [-0.2, -0.15) is 5.26 Å². The average Bonchev–Trinajstić information content (AvgIpc) is 2.16. The number of nitrogens with two attached hydrogens (primary N) is 1. The van der Waals surface area contributed by atoms with Crippen LogP contribution in [0.5, 0.6) is 0 Å². The smallest absolute Gasteiger partial charge is 0.101 e. The third kappa shape index (κ3) is 1.55. The molecule has 0 aliphatic heterocycles. The van der Waals surface area contributed by atoms with Crippen molar-refractivity contribution in [2.75, 3.05) is 5.43 Å². The molecule has 0 saturated heterocycles. The van der Waals surface area contributed by atoms with E-state index in [0.717, 1.165) is 6.42 Å². The molecule has 3 heteroatoms. The van der Waals surface area contributed by atoms with Gasteiger partial charge in [0.2, 0.25) is 0 Å². The highest BCUT2D eigenvalue weighted by molar-refractivity contribution is 5.58. The van der Waals surface area contributed by atoms with Crippen molar-refractivity contribution in [1.82, 2.24) is 0 Å². The Morgan fingerprint density at radius 2 is 2.33 bits per heavy atom. The maximum absolute atomic E-state index is 8.67. The highest BCUT2D eigenvalue weighted by Gasteiger charge is 1.99. The molecule has 0 atom stereocenters. The summed E-state index contributed by atoms with van der Waals surface area (Å²) in [4.78, 5) is 0. The van der Waals surface area contributed by atoms with Crippen LogP contribution in [0.2, 0.25) is 0 Å². The molecule has 0 aromatic heterocycles. The molecule has 1 rings (SSSR count). The predicted octanol–water partition coefficient (Wildman–Crippen LogP) is 1.41. The molecule has 0 radical (unpaired) electrons. The molecule has 3 N–H and O–H groups in total.